The zero-order chi connectivity index (χ0) is 24.6. The van der Waals surface area contributed by atoms with Crippen molar-refractivity contribution in [3.63, 3.8) is 0 Å². The first kappa shape index (κ1) is 25.0. The van der Waals surface area contributed by atoms with Gasteiger partial charge in [-0.3, -0.25) is 9.59 Å². The Morgan fingerprint density at radius 2 is 1.79 bits per heavy atom. The van der Waals surface area contributed by atoms with Crippen molar-refractivity contribution in [2.24, 2.45) is 0 Å². The molecule has 10 heteroatoms. The Kier molecular flexibility index (Phi) is 8.44. The van der Waals surface area contributed by atoms with Crippen LogP contribution < -0.4 is 20.1 Å². The second-order valence-electron chi connectivity index (χ2n) is 7.55. The largest absolute Gasteiger partial charge is 0.489 e. The van der Waals surface area contributed by atoms with Gasteiger partial charge in [-0.2, -0.15) is 5.26 Å². The van der Waals surface area contributed by atoms with E-state index >= 15 is 0 Å². The van der Waals surface area contributed by atoms with Gasteiger partial charge in [0, 0.05) is 6.54 Å². The molecule has 2 bridgehead atoms. The molecule has 1 aliphatic carbocycles. The molecule has 7 nitrogen and oxygen atoms in total. The Bertz CT molecular complexity index is 1130. The van der Waals surface area contributed by atoms with Gasteiger partial charge >= 0.3 is 0 Å². The summed E-state index contributed by atoms with van der Waals surface area (Å²) in [5.41, 5.74) is -0.0431. The van der Waals surface area contributed by atoms with E-state index in [0.29, 0.717) is 23.6 Å². The van der Waals surface area contributed by atoms with E-state index in [1.54, 1.807) is 24.3 Å². The molecule has 2 aromatic carbocycles. The zero-order valence-corrected chi connectivity index (χ0v) is 18.8. The van der Waals surface area contributed by atoms with Crippen LogP contribution in [-0.4, -0.2) is 37.6 Å². The average molecular weight is 490 g/mol. The van der Waals surface area contributed by atoms with Crippen molar-refractivity contribution >= 4 is 23.9 Å². The van der Waals surface area contributed by atoms with Crippen LogP contribution in [0.25, 0.3) is 0 Å². The lowest BCUT2D eigenvalue weighted by Gasteiger charge is -2.13. The molecule has 0 unspecified atom stereocenters. The highest BCUT2D eigenvalue weighted by Crippen LogP contribution is 2.33. The highest BCUT2D eigenvalue weighted by Gasteiger charge is 2.42. The van der Waals surface area contributed by atoms with Gasteiger partial charge in [0.15, 0.2) is 11.6 Å². The van der Waals surface area contributed by atoms with Crippen molar-refractivity contribution < 1.29 is 27.8 Å². The lowest BCUT2D eigenvalue weighted by molar-refractivity contribution is -0.110. The molecule has 5 rings (SSSR count). The van der Waals surface area contributed by atoms with Crippen molar-refractivity contribution in [3.8, 4) is 17.6 Å². The van der Waals surface area contributed by atoms with Crippen molar-refractivity contribution in [1.82, 2.24) is 10.6 Å². The predicted molar refractivity (Wildman–Crippen MR) is 121 cm³/mol. The number of hydrogen-bond donors (Lipinski definition) is 2. The Hall–Kier alpha value is -3.64. The van der Waals surface area contributed by atoms with Crippen LogP contribution in [0.1, 0.15) is 28.8 Å². The summed E-state index contributed by atoms with van der Waals surface area (Å²) in [5.74, 6) is -2.55. The summed E-state index contributed by atoms with van der Waals surface area (Å²) >= 11 is 6.17. The van der Waals surface area contributed by atoms with Crippen LogP contribution in [-0.2, 0) is 11.2 Å². The summed E-state index contributed by atoms with van der Waals surface area (Å²) in [7, 11) is 0. The standard InChI is InChI=1S/C19H16ClF2NO3.C5H6N2O/c20-13-11-12-3-5-15(13)25-9-1-2-10-26-16-6-4-14(21)18(22)17(16)19(24)23-8-7-12;6-3-5(1-2-5)7-4-8/h1-6,11H,7-10H2,(H,23,24);4H,1-2H2,(H,7,8)/b2-1+;. The molecule has 0 aromatic heterocycles. The highest BCUT2D eigenvalue weighted by molar-refractivity contribution is 6.32. The third kappa shape index (κ3) is 6.45. The van der Waals surface area contributed by atoms with E-state index < -0.39 is 28.6 Å². The Balaban J connectivity index is 0.000000343. The maximum absolute atomic E-state index is 14.1. The summed E-state index contributed by atoms with van der Waals surface area (Å²) in [6.45, 7) is 0.569. The zero-order valence-electron chi connectivity index (χ0n) is 18.1. The van der Waals surface area contributed by atoms with Crippen LogP contribution in [0.3, 0.4) is 0 Å². The number of ether oxygens (including phenoxy) is 2. The van der Waals surface area contributed by atoms with Crippen LogP contribution in [0.4, 0.5) is 8.78 Å². The van der Waals surface area contributed by atoms with Crippen molar-refractivity contribution in [1.29, 1.82) is 5.26 Å². The number of nitriles is 1. The monoisotopic (exact) mass is 489 g/mol. The van der Waals surface area contributed by atoms with Crippen LogP contribution in [0.5, 0.6) is 11.5 Å². The molecule has 2 heterocycles. The SMILES string of the molecule is N#CC1(NC=O)CC1.O=C1NCCc2ccc(c(Cl)c2)OC/C=C/COc2ccc(F)c(F)c21. The molecule has 1 fully saturated rings. The number of halogens is 3. The van der Waals surface area contributed by atoms with Gasteiger partial charge in [-0.1, -0.05) is 17.7 Å². The van der Waals surface area contributed by atoms with Gasteiger partial charge < -0.3 is 20.1 Å². The van der Waals surface area contributed by atoms with Gasteiger partial charge in [0.1, 0.15) is 35.8 Å². The number of carbonyl (C=O) groups excluding carboxylic acids is 2. The third-order valence-electron chi connectivity index (χ3n) is 5.12. The van der Waals surface area contributed by atoms with E-state index in [9.17, 15) is 18.4 Å². The fourth-order valence-corrected chi connectivity index (χ4v) is 3.29. The molecule has 2 N–H and O–H groups in total. The number of nitrogens with one attached hydrogen (secondary N) is 2. The Morgan fingerprint density at radius 3 is 2.38 bits per heavy atom. The highest BCUT2D eigenvalue weighted by atomic mass is 35.5. The number of rotatable bonds is 2. The van der Waals surface area contributed by atoms with E-state index in [0.717, 1.165) is 24.5 Å². The summed E-state index contributed by atoms with van der Waals surface area (Å²) in [6, 6.07) is 9.50. The van der Waals surface area contributed by atoms with Crippen LogP contribution in [0.2, 0.25) is 5.02 Å². The molecule has 1 saturated carbocycles. The number of nitrogens with zero attached hydrogens (tertiary/aromatic N) is 1. The first-order valence-electron chi connectivity index (χ1n) is 10.5. The van der Waals surface area contributed by atoms with Gasteiger partial charge in [0.2, 0.25) is 6.41 Å². The minimum atomic E-state index is -1.24. The maximum atomic E-state index is 14.1. The first-order valence-corrected chi connectivity index (χ1v) is 10.8. The van der Waals surface area contributed by atoms with Crippen LogP contribution in [0, 0.1) is 23.0 Å². The fraction of sp³-hybridized carbons (Fsp3) is 0.292. The fourth-order valence-electron chi connectivity index (χ4n) is 3.03. The van der Waals surface area contributed by atoms with E-state index in [1.807, 2.05) is 12.1 Å². The molecule has 0 saturated heterocycles. The minimum Gasteiger partial charge on any atom is -0.489 e. The lowest BCUT2D eigenvalue weighted by atomic mass is 10.1. The molecule has 34 heavy (non-hydrogen) atoms. The normalized spacial score (nSPS) is 17.3. The van der Waals surface area contributed by atoms with E-state index in [4.69, 9.17) is 26.3 Å². The molecular formula is C24H22ClF2N3O4. The summed E-state index contributed by atoms with van der Waals surface area (Å²) in [5, 5.41) is 13.8. The molecule has 2 aromatic rings. The summed E-state index contributed by atoms with van der Waals surface area (Å²) in [6.07, 6.45) is 6.02. The van der Waals surface area contributed by atoms with Gasteiger partial charge in [-0.15, -0.1) is 0 Å². The van der Waals surface area contributed by atoms with Gasteiger partial charge in [0.25, 0.3) is 5.91 Å². The van der Waals surface area contributed by atoms with Crippen molar-refractivity contribution in [2.75, 3.05) is 19.8 Å². The van der Waals surface area contributed by atoms with Gasteiger partial charge in [0.05, 0.1) is 11.1 Å². The van der Waals surface area contributed by atoms with E-state index in [-0.39, 0.29) is 25.5 Å². The second kappa shape index (κ2) is 11.5. The summed E-state index contributed by atoms with van der Waals surface area (Å²) in [4.78, 5) is 22.1. The Labute approximate surface area is 200 Å². The van der Waals surface area contributed by atoms with Crippen LogP contribution >= 0.6 is 11.6 Å². The summed E-state index contributed by atoms with van der Waals surface area (Å²) < 4.78 is 38.6. The van der Waals surface area contributed by atoms with E-state index in [2.05, 4.69) is 10.6 Å². The molecule has 0 radical (unpaired) electrons. The number of hydrogen-bond acceptors (Lipinski definition) is 5. The Morgan fingerprint density at radius 1 is 1.12 bits per heavy atom. The lowest BCUT2D eigenvalue weighted by Crippen LogP contribution is -2.27. The molecule has 3 aliphatic rings. The number of carbonyl (C=O) groups is 2. The minimum absolute atomic E-state index is 0.0227. The quantitative estimate of drug-likeness (QED) is 0.495. The number of benzene rings is 2. The van der Waals surface area contributed by atoms with Crippen molar-refractivity contribution in [3.05, 3.63) is 70.3 Å². The molecule has 2 amide bonds. The van der Waals surface area contributed by atoms with E-state index in [1.165, 1.54) is 6.07 Å². The third-order valence-corrected chi connectivity index (χ3v) is 5.41. The molecule has 2 aliphatic heterocycles. The molecule has 178 valence electrons. The molecular weight excluding hydrogens is 468 g/mol. The van der Waals surface area contributed by atoms with Gasteiger partial charge in [-0.05, 0) is 61.2 Å². The first-order chi connectivity index (χ1) is 16.4. The smallest absolute Gasteiger partial charge is 0.258 e. The topological polar surface area (TPSA) is 100 Å². The van der Waals surface area contributed by atoms with Gasteiger partial charge in [-0.25, -0.2) is 8.78 Å². The maximum Gasteiger partial charge on any atom is 0.258 e. The predicted octanol–water partition coefficient (Wildman–Crippen LogP) is 3.71. The number of amides is 2. The van der Waals surface area contributed by atoms with Crippen LogP contribution in [0.15, 0.2) is 42.5 Å². The second-order valence-corrected chi connectivity index (χ2v) is 7.96. The molecule has 0 spiro atoms. The van der Waals surface area contributed by atoms with Crippen molar-refractivity contribution in [2.45, 2.75) is 24.8 Å². The molecule has 0 atom stereocenters. The average Bonchev–Trinajstić information content (AvgIpc) is 3.59. The number of fused-ring (bicyclic) bond motifs is 9.